The van der Waals surface area contributed by atoms with Crippen LogP contribution in [0.4, 0.5) is 4.39 Å². The number of rotatable bonds is 2. The Bertz CT molecular complexity index is 378. The fraction of sp³-hybridized carbons (Fsp3) is 0.400. The van der Waals surface area contributed by atoms with Crippen LogP contribution in [0.1, 0.15) is 23.5 Å². The Hall–Kier alpha value is -1.45. The van der Waals surface area contributed by atoms with E-state index in [9.17, 15) is 14.5 Å². The van der Waals surface area contributed by atoms with Gasteiger partial charge in [-0.25, -0.2) is 4.39 Å². The molecule has 1 aromatic rings. The summed E-state index contributed by atoms with van der Waals surface area (Å²) in [4.78, 5) is 10.1. The van der Waals surface area contributed by atoms with Crippen molar-refractivity contribution in [1.82, 2.24) is 0 Å². The first kappa shape index (κ1) is 9.12. The molecule has 0 heterocycles. The first-order chi connectivity index (χ1) is 6.66. The van der Waals surface area contributed by atoms with E-state index < -0.39 is 0 Å². The van der Waals surface area contributed by atoms with Crippen molar-refractivity contribution in [2.75, 3.05) is 6.54 Å². The van der Waals surface area contributed by atoms with Crippen molar-refractivity contribution in [2.24, 2.45) is 0 Å². The Kier molecular flexibility index (Phi) is 2.19. The van der Waals surface area contributed by atoms with E-state index in [4.69, 9.17) is 0 Å². The van der Waals surface area contributed by atoms with Crippen molar-refractivity contribution in [3.05, 3.63) is 45.3 Å². The summed E-state index contributed by atoms with van der Waals surface area (Å²) in [5.74, 6) is -0.286. The van der Waals surface area contributed by atoms with E-state index in [0.29, 0.717) is 0 Å². The summed E-state index contributed by atoms with van der Waals surface area (Å²) in [6.07, 6.45) is 1.52. The molecule has 1 aromatic carbocycles. The SMILES string of the molecule is O=[N+]([O-])CC1CCc2cc(F)ccc21. The molecule has 0 aliphatic heterocycles. The van der Waals surface area contributed by atoms with E-state index in [-0.39, 0.29) is 23.2 Å². The van der Waals surface area contributed by atoms with Gasteiger partial charge in [0, 0.05) is 10.8 Å². The number of nitro groups is 1. The lowest BCUT2D eigenvalue weighted by Crippen LogP contribution is -2.09. The molecule has 0 saturated heterocycles. The zero-order valence-corrected chi connectivity index (χ0v) is 7.57. The first-order valence-corrected chi connectivity index (χ1v) is 4.57. The van der Waals surface area contributed by atoms with Crippen molar-refractivity contribution in [1.29, 1.82) is 0 Å². The number of hydrogen-bond donors (Lipinski definition) is 0. The molecule has 0 aromatic heterocycles. The van der Waals surface area contributed by atoms with Crippen LogP contribution in [0.15, 0.2) is 18.2 Å². The highest BCUT2D eigenvalue weighted by Crippen LogP contribution is 2.33. The first-order valence-electron chi connectivity index (χ1n) is 4.57. The summed E-state index contributed by atoms with van der Waals surface area (Å²) in [7, 11) is 0. The average Bonchev–Trinajstić information content (AvgIpc) is 2.47. The van der Waals surface area contributed by atoms with Crippen molar-refractivity contribution in [3.8, 4) is 0 Å². The standard InChI is InChI=1S/C10H10FNO2/c11-9-3-4-10-7(5-9)1-2-8(10)6-12(13)14/h3-5,8H,1-2,6H2. The summed E-state index contributed by atoms with van der Waals surface area (Å²) in [6.45, 7) is -0.0430. The molecule has 0 fully saturated rings. The van der Waals surface area contributed by atoms with E-state index in [1.165, 1.54) is 12.1 Å². The minimum absolute atomic E-state index is 0.0272. The van der Waals surface area contributed by atoms with Crippen LogP contribution in [0.25, 0.3) is 0 Å². The van der Waals surface area contributed by atoms with Crippen LogP contribution in [-0.4, -0.2) is 11.5 Å². The van der Waals surface area contributed by atoms with Gasteiger partial charge in [-0.05, 0) is 36.1 Å². The van der Waals surface area contributed by atoms with E-state index in [1.54, 1.807) is 6.07 Å². The van der Waals surface area contributed by atoms with Gasteiger partial charge < -0.3 is 0 Å². The fourth-order valence-electron chi connectivity index (χ4n) is 2.04. The summed E-state index contributed by atoms with van der Waals surface area (Å²) in [5, 5.41) is 10.4. The second-order valence-electron chi connectivity index (χ2n) is 3.59. The maximum Gasteiger partial charge on any atom is 0.210 e. The Balaban J connectivity index is 2.26. The van der Waals surface area contributed by atoms with Crippen molar-refractivity contribution in [2.45, 2.75) is 18.8 Å². The van der Waals surface area contributed by atoms with Crippen LogP contribution in [-0.2, 0) is 6.42 Å². The Morgan fingerprint density at radius 1 is 1.57 bits per heavy atom. The molecule has 1 aliphatic carbocycles. The van der Waals surface area contributed by atoms with Gasteiger partial charge in [0.05, 0.1) is 0 Å². The number of halogens is 1. The van der Waals surface area contributed by atoms with Gasteiger partial charge in [0.2, 0.25) is 6.54 Å². The molecule has 1 unspecified atom stereocenters. The lowest BCUT2D eigenvalue weighted by Gasteiger charge is -2.05. The molecule has 4 heteroatoms. The second-order valence-corrected chi connectivity index (χ2v) is 3.59. The zero-order valence-electron chi connectivity index (χ0n) is 7.57. The van der Waals surface area contributed by atoms with Gasteiger partial charge in [0.25, 0.3) is 0 Å². The smallest absolute Gasteiger partial charge is 0.210 e. The predicted octanol–water partition coefficient (Wildman–Crippen LogP) is 2.13. The van der Waals surface area contributed by atoms with Gasteiger partial charge >= 0.3 is 0 Å². The van der Waals surface area contributed by atoms with Crippen molar-refractivity contribution >= 4 is 0 Å². The third-order valence-electron chi connectivity index (χ3n) is 2.68. The van der Waals surface area contributed by atoms with Crippen molar-refractivity contribution < 1.29 is 9.31 Å². The molecule has 0 radical (unpaired) electrons. The highest BCUT2D eigenvalue weighted by molar-refractivity contribution is 5.35. The van der Waals surface area contributed by atoms with Crippen LogP contribution in [0, 0.1) is 15.9 Å². The minimum Gasteiger partial charge on any atom is -0.265 e. The Labute approximate surface area is 80.7 Å². The van der Waals surface area contributed by atoms with E-state index >= 15 is 0 Å². The third kappa shape index (κ3) is 1.60. The molecule has 0 bridgehead atoms. The van der Waals surface area contributed by atoms with Gasteiger partial charge in [-0.1, -0.05) is 6.07 Å². The molecule has 0 N–H and O–H groups in total. The molecule has 0 amide bonds. The zero-order chi connectivity index (χ0) is 10.1. The molecule has 3 nitrogen and oxygen atoms in total. The number of benzene rings is 1. The molecule has 74 valence electrons. The van der Waals surface area contributed by atoms with E-state index in [2.05, 4.69) is 0 Å². The second kappa shape index (κ2) is 3.36. The number of aryl methyl sites for hydroxylation is 1. The van der Waals surface area contributed by atoms with Crippen LogP contribution < -0.4 is 0 Å². The Morgan fingerprint density at radius 2 is 2.36 bits per heavy atom. The summed E-state index contributed by atoms with van der Waals surface area (Å²) in [5.41, 5.74) is 1.87. The van der Waals surface area contributed by atoms with Gasteiger partial charge in [-0.3, -0.25) is 10.1 Å². The summed E-state index contributed by atoms with van der Waals surface area (Å²) < 4.78 is 12.8. The molecule has 1 atom stereocenters. The van der Waals surface area contributed by atoms with Crippen LogP contribution >= 0.6 is 0 Å². The molecule has 0 saturated carbocycles. The minimum atomic E-state index is -0.302. The normalized spacial score (nSPS) is 19.4. The molecular formula is C10H10FNO2. The van der Waals surface area contributed by atoms with Gasteiger partial charge in [0.15, 0.2) is 0 Å². The summed E-state index contributed by atoms with van der Waals surface area (Å²) >= 11 is 0. The molecule has 0 spiro atoms. The molecular weight excluding hydrogens is 185 g/mol. The largest absolute Gasteiger partial charge is 0.265 e. The highest BCUT2D eigenvalue weighted by Gasteiger charge is 2.26. The maximum atomic E-state index is 12.8. The molecule has 14 heavy (non-hydrogen) atoms. The fourth-order valence-corrected chi connectivity index (χ4v) is 2.04. The molecule has 1 aliphatic rings. The van der Waals surface area contributed by atoms with Crippen molar-refractivity contribution in [3.63, 3.8) is 0 Å². The quantitative estimate of drug-likeness (QED) is 0.536. The van der Waals surface area contributed by atoms with Gasteiger partial charge in [-0.15, -0.1) is 0 Å². The molecule has 2 rings (SSSR count). The van der Waals surface area contributed by atoms with Gasteiger partial charge in [-0.2, -0.15) is 0 Å². The lowest BCUT2D eigenvalue weighted by molar-refractivity contribution is -0.483. The highest BCUT2D eigenvalue weighted by atomic mass is 19.1. The number of nitrogens with zero attached hydrogens (tertiary/aromatic N) is 1. The monoisotopic (exact) mass is 195 g/mol. The number of fused-ring (bicyclic) bond motifs is 1. The average molecular weight is 195 g/mol. The topological polar surface area (TPSA) is 43.1 Å². The third-order valence-corrected chi connectivity index (χ3v) is 2.68. The van der Waals surface area contributed by atoms with Crippen LogP contribution in [0.3, 0.4) is 0 Å². The van der Waals surface area contributed by atoms with Crippen LogP contribution in [0.2, 0.25) is 0 Å². The number of hydrogen-bond acceptors (Lipinski definition) is 2. The van der Waals surface area contributed by atoms with Gasteiger partial charge in [0.1, 0.15) is 5.82 Å². The lowest BCUT2D eigenvalue weighted by atomic mass is 10.0. The van der Waals surface area contributed by atoms with E-state index in [0.717, 1.165) is 24.0 Å². The van der Waals surface area contributed by atoms with Crippen LogP contribution in [0.5, 0.6) is 0 Å². The Morgan fingerprint density at radius 3 is 3.07 bits per heavy atom. The predicted molar refractivity (Wildman–Crippen MR) is 49.3 cm³/mol. The maximum absolute atomic E-state index is 12.8. The van der Waals surface area contributed by atoms with E-state index in [1.807, 2.05) is 0 Å². The summed E-state index contributed by atoms with van der Waals surface area (Å²) in [6, 6.07) is 4.53.